The van der Waals surface area contributed by atoms with Crippen LogP contribution in [0.4, 0.5) is 0 Å². The number of benzene rings is 1. The van der Waals surface area contributed by atoms with Crippen LogP contribution < -0.4 is 5.32 Å². The van der Waals surface area contributed by atoms with E-state index in [2.05, 4.69) is 43.4 Å². The van der Waals surface area contributed by atoms with Gasteiger partial charge in [-0.3, -0.25) is 9.59 Å². The molecule has 0 spiro atoms. The van der Waals surface area contributed by atoms with Crippen molar-refractivity contribution in [2.24, 2.45) is 5.92 Å². The lowest BCUT2D eigenvalue weighted by Gasteiger charge is -2.06. The molecule has 102 valence electrons. The standard InChI is InChI=1S/C15H19NO3/c1-9(2)10-3-5-11(6-4-10)12-7-13(12)15(19)16-8-14(17)18/h3-6,9,12-13H,7-8H2,1-2H3,(H,16,19)(H,17,18)/t12-,13+/m0/s1. The molecule has 0 aromatic heterocycles. The Bertz CT molecular complexity index is 479. The number of rotatable bonds is 5. The zero-order valence-electron chi connectivity index (χ0n) is 11.2. The van der Waals surface area contributed by atoms with E-state index >= 15 is 0 Å². The second-order valence-corrected chi connectivity index (χ2v) is 5.38. The number of hydrogen-bond donors (Lipinski definition) is 2. The van der Waals surface area contributed by atoms with Gasteiger partial charge in [0.2, 0.25) is 5.91 Å². The van der Waals surface area contributed by atoms with E-state index in [0.717, 1.165) is 6.42 Å². The first-order valence-electron chi connectivity index (χ1n) is 6.58. The average Bonchev–Trinajstić information content (AvgIpc) is 3.16. The van der Waals surface area contributed by atoms with E-state index in [1.54, 1.807) is 0 Å². The minimum Gasteiger partial charge on any atom is -0.480 e. The van der Waals surface area contributed by atoms with Gasteiger partial charge in [0, 0.05) is 5.92 Å². The van der Waals surface area contributed by atoms with Crippen molar-refractivity contribution < 1.29 is 14.7 Å². The summed E-state index contributed by atoms with van der Waals surface area (Å²) >= 11 is 0. The summed E-state index contributed by atoms with van der Waals surface area (Å²) in [5.74, 6) is -0.477. The van der Waals surface area contributed by atoms with Gasteiger partial charge in [-0.15, -0.1) is 0 Å². The molecule has 0 unspecified atom stereocenters. The Kier molecular flexibility index (Phi) is 3.88. The lowest BCUT2D eigenvalue weighted by molar-refractivity contribution is -0.138. The van der Waals surface area contributed by atoms with Gasteiger partial charge in [0.15, 0.2) is 0 Å². The lowest BCUT2D eigenvalue weighted by atomic mass is 10.00. The first kappa shape index (κ1) is 13.6. The monoisotopic (exact) mass is 261 g/mol. The number of carboxylic acids is 1. The van der Waals surface area contributed by atoms with E-state index in [9.17, 15) is 9.59 Å². The van der Waals surface area contributed by atoms with Gasteiger partial charge in [0.25, 0.3) is 0 Å². The van der Waals surface area contributed by atoms with Crippen LogP contribution in [0.3, 0.4) is 0 Å². The summed E-state index contributed by atoms with van der Waals surface area (Å²) in [5.41, 5.74) is 2.45. The van der Waals surface area contributed by atoms with Gasteiger partial charge >= 0.3 is 5.97 Å². The molecule has 4 nitrogen and oxygen atoms in total. The SMILES string of the molecule is CC(C)c1ccc([C@@H]2C[C@H]2C(=O)NCC(=O)O)cc1. The highest BCUT2D eigenvalue weighted by atomic mass is 16.4. The van der Waals surface area contributed by atoms with Crippen molar-refractivity contribution in [2.45, 2.75) is 32.1 Å². The van der Waals surface area contributed by atoms with Crippen LogP contribution in [-0.4, -0.2) is 23.5 Å². The molecule has 2 N–H and O–H groups in total. The van der Waals surface area contributed by atoms with Gasteiger partial charge in [-0.25, -0.2) is 0 Å². The van der Waals surface area contributed by atoms with Gasteiger partial charge in [0.1, 0.15) is 6.54 Å². The highest BCUT2D eigenvalue weighted by Gasteiger charge is 2.43. The number of aliphatic carboxylic acids is 1. The first-order chi connectivity index (χ1) is 8.99. The van der Waals surface area contributed by atoms with Crippen LogP contribution >= 0.6 is 0 Å². The molecular weight excluding hydrogens is 242 g/mol. The molecule has 1 aliphatic carbocycles. The summed E-state index contributed by atoms with van der Waals surface area (Å²) in [6, 6.07) is 8.35. The minimum atomic E-state index is -1.01. The zero-order chi connectivity index (χ0) is 14.0. The van der Waals surface area contributed by atoms with E-state index in [0.29, 0.717) is 5.92 Å². The maximum Gasteiger partial charge on any atom is 0.322 e. The molecule has 2 atom stereocenters. The van der Waals surface area contributed by atoms with E-state index in [1.807, 2.05) is 0 Å². The average molecular weight is 261 g/mol. The van der Waals surface area contributed by atoms with Crippen molar-refractivity contribution in [3.63, 3.8) is 0 Å². The Hall–Kier alpha value is -1.84. The van der Waals surface area contributed by atoms with E-state index in [-0.39, 0.29) is 24.3 Å². The Morgan fingerprint density at radius 2 is 1.95 bits per heavy atom. The Morgan fingerprint density at radius 1 is 1.32 bits per heavy atom. The number of carbonyl (C=O) groups excluding carboxylic acids is 1. The van der Waals surface area contributed by atoms with Crippen LogP contribution in [0, 0.1) is 5.92 Å². The quantitative estimate of drug-likeness (QED) is 0.853. The molecule has 2 rings (SSSR count). The molecule has 0 heterocycles. The summed E-state index contributed by atoms with van der Waals surface area (Å²) in [4.78, 5) is 22.1. The highest BCUT2D eigenvalue weighted by Crippen LogP contribution is 2.47. The summed E-state index contributed by atoms with van der Waals surface area (Å²) in [5, 5.41) is 11.0. The number of carbonyl (C=O) groups is 2. The van der Waals surface area contributed by atoms with Crippen molar-refractivity contribution in [2.75, 3.05) is 6.54 Å². The third-order valence-corrected chi connectivity index (χ3v) is 3.57. The smallest absolute Gasteiger partial charge is 0.322 e. The largest absolute Gasteiger partial charge is 0.480 e. The molecule has 1 amide bonds. The molecule has 4 heteroatoms. The van der Waals surface area contributed by atoms with Crippen LogP contribution in [0.1, 0.15) is 43.2 Å². The maximum atomic E-state index is 11.7. The normalized spacial score (nSPS) is 21.2. The van der Waals surface area contributed by atoms with Gasteiger partial charge < -0.3 is 10.4 Å². The second-order valence-electron chi connectivity index (χ2n) is 5.38. The minimum absolute atomic E-state index is 0.0655. The van der Waals surface area contributed by atoms with Crippen molar-refractivity contribution in [1.82, 2.24) is 5.32 Å². The predicted molar refractivity (Wildman–Crippen MR) is 72.0 cm³/mol. The van der Waals surface area contributed by atoms with Crippen molar-refractivity contribution >= 4 is 11.9 Å². The Labute approximate surface area is 112 Å². The lowest BCUT2D eigenvalue weighted by Crippen LogP contribution is -2.30. The van der Waals surface area contributed by atoms with Crippen LogP contribution in [0.5, 0.6) is 0 Å². The van der Waals surface area contributed by atoms with Gasteiger partial charge in [-0.05, 0) is 29.4 Å². The fourth-order valence-electron chi connectivity index (χ4n) is 2.28. The Balaban J connectivity index is 1.91. The molecule has 1 aromatic rings. The van der Waals surface area contributed by atoms with Crippen LogP contribution in [0.15, 0.2) is 24.3 Å². The Morgan fingerprint density at radius 3 is 2.47 bits per heavy atom. The fraction of sp³-hybridized carbons (Fsp3) is 0.467. The van der Waals surface area contributed by atoms with Crippen molar-refractivity contribution in [1.29, 1.82) is 0 Å². The van der Waals surface area contributed by atoms with E-state index in [4.69, 9.17) is 5.11 Å². The van der Waals surface area contributed by atoms with Gasteiger partial charge in [-0.1, -0.05) is 38.1 Å². The number of nitrogens with one attached hydrogen (secondary N) is 1. The third kappa shape index (κ3) is 3.34. The predicted octanol–water partition coefficient (Wildman–Crippen LogP) is 2.11. The van der Waals surface area contributed by atoms with Gasteiger partial charge in [0.05, 0.1) is 0 Å². The summed E-state index contributed by atoms with van der Waals surface area (Å²) < 4.78 is 0. The fourth-order valence-corrected chi connectivity index (χ4v) is 2.28. The number of carboxylic acid groups (broad SMARTS) is 1. The van der Waals surface area contributed by atoms with E-state index in [1.165, 1.54) is 11.1 Å². The van der Waals surface area contributed by atoms with Crippen LogP contribution in [0.2, 0.25) is 0 Å². The topological polar surface area (TPSA) is 66.4 Å². The molecule has 0 radical (unpaired) electrons. The zero-order valence-corrected chi connectivity index (χ0v) is 11.2. The van der Waals surface area contributed by atoms with Crippen molar-refractivity contribution in [3.05, 3.63) is 35.4 Å². The first-order valence-corrected chi connectivity index (χ1v) is 6.58. The molecule has 1 aromatic carbocycles. The molecule has 0 bridgehead atoms. The maximum absolute atomic E-state index is 11.7. The third-order valence-electron chi connectivity index (χ3n) is 3.57. The molecule has 1 saturated carbocycles. The molecular formula is C15H19NO3. The van der Waals surface area contributed by atoms with Crippen molar-refractivity contribution in [3.8, 4) is 0 Å². The number of amides is 1. The highest BCUT2D eigenvalue weighted by molar-refractivity contribution is 5.85. The molecule has 1 aliphatic rings. The van der Waals surface area contributed by atoms with E-state index < -0.39 is 5.97 Å². The van der Waals surface area contributed by atoms with Gasteiger partial charge in [-0.2, -0.15) is 0 Å². The molecule has 0 saturated heterocycles. The molecule has 19 heavy (non-hydrogen) atoms. The van der Waals surface area contributed by atoms with Crippen LogP contribution in [0.25, 0.3) is 0 Å². The van der Waals surface area contributed by atoms with Crippen LogP contribution in [-0.2, 0) is 9.59 Å². The molecule has 1 fully saturated rings. The second kappa shape index (κ2) is 5.43. The summed E-state index contributed by atoms with van der Waals surface area (Å²) in [7, 11) is 0. The summed E-state index contributed by atoms with van der Waals surface area (Å²) in [6.07, 6.45) is 0.812. The number of hydrogen-bond acceptors (Lipinski definition) is 2. The summed E-state index contributed by atoms with van der Waals surface area (Å²) in [6.45, 7) is 4.00. The molecule has 0 aliphatic heterocycles.